The van der Waals surface area contributed by atoms with Crippen LogP contribution in [-0.2, 0) is 0 Å². The molecule has 3 rings (SSSR count). The number of carbonyl (C=O) groups is 1. The predicted octanol–water partition coefficient (Wildman–Crippen LogP) is 5.77. The molecule has 0 saturated carbocycles. The molecular weight excluding hydrogens is 419 g/mol. The average molecular weight is 441 g/mol. The molecule has 7 heteroatoms. The van der Waals surface area contributed by atoms with Crippen LogP contribution in [0.5, 0.6) is 0 Å². The summed E-state index contributed by atoms with van der Waals surface area (Å²) in [4.78, 5) is 22.9. The number of halogens is 2. The lowest BCUT2D eigenvalue weighted by atomic mass is 10.1. The Bertz CT molecular complexity index is 1000. The van der Waals surface area contributed by atoms with Crippen LogP contribution in [0.1, 0.15) is 29.3 Å². The first-order valence-corrected chi connectivity index (χ1v) is 10.2. The summed E-state index contributed by atoms with van der Waals surface area (Å²) in [7, 11) is 1.93. The van der Waals surface area contributed by atoms with E-state index in [0.717, 1.165) is 11.3 Å². The second kappa shape index (κ2) is 10.2. The third-order valence-corrected chi connectivity index (χ3v) is 5.13. The third kappa shape index (κ3) is 5.59. The van der Waals surface area contributed by atoms with Crippen molar-refractivity contribution in [1.29, 1.82) is 0 Å². The molecule has 5 nitrogen and oxygen atoms in total. The molecule has 0 saturated heterocycles. The Morgan fingerprint density at radius 3 is 2.33 bits per heavy atom. The maximum absolute atomic E-state index is 12.4. The molecule has 0 fully saturated rings. The van der Waals surface area contributed by atoms with Gasteiger partial charge in [-0.3, -0.25) is 4.79 Å². The van der Waals surface area contributed by atoms with Gasteiger partial charge in [0.2, 0.25) is 5.95 Å². The Labute approximate surface area is 186 Å². The molecule has 0 bridgehead atoms. The molecule has 0 aliphatic heterocycles. The van der Waals surface area contributed by atoms with E-state index in [-0.39, 0.29) is 11.9 Å². The monoisotopic (exact) mass is 440 g/mol. The SMILES string of the molecule is CC(C/C=C/c1ccc(N(C)c2ncccn2)cc1)NC(=O)c1c(Cl)cccc1Cl. The van der Waals surface area contributed by atoms with Gasteiger partial charge in [-0.1, -0.05) is 53.6 Å². The van der Waals surface area contributed by atoms with E-state index < -0.39 is 0 Å². The minimum absolute atomic E-state index is 0.0678. The molecule has 0 aliphatic carbocycles. The Balaban J connectivity index is 1.55. The first kappa shape index (κ1) is 21.8. The number of nitrogens with zero attached hydrogens (tertiary/aromatic N) is 3. The van der Waals surface area contributed by atoms with E-state index in [1.54, 1.807) is 36.7 Å². The number of aromatic nitrogens is 2. The molecule has 1 heterocycles. The fraction of sp³-hybridized carbons (Fsp3) is 0.174. The van der Waals surface area contributed by atoms with Crippen molar-refractivity contribution >= 4 is 46.8 Å². The smallest absolute Gasteiger partial charge is 0.254 e. The van der Waals surface area contributed by atoms with E-state index in [4.69, 9.17) is 23.2 Å². The molecule has 30 heavy (non-hydrogen) atoms. The Hall–Kier alpha value is -2.89. The van der Waals surface area contributed by atoms with Gasteiger partial charge in [-0.25, -0.2) is 9.97 Å². The van der Waals surface area contributed by atoms with Crippen LogP contribution in [0.15, 0.2) is 67.0 Å². The molecule has 1 N–H and O–H groups in total. The fourth-order valence-corrected chi connectivity index (χ4v) is 3.44. The van der Waals surface area contributed by atoms with Crippen LogP contribution in [0.4, 0.5) is 11.6 Å². The molecule has 2 aromatic carbocycles. The van der Waals surface area contributed by atoms with Gasteiger partial charge < -0.3 is 10.2 Å². The summed E-state index contributed by atoms with van der Waals surface area (Å²) < 4.78 is 0. The summed E-state index contributed by atoms with van der Waals surface area (Å²) >= 11 is 12.2. The molecule has 1 unspecified atom stereocenters. The largest absolute Gasteiger partial charge is 0.349 e. The number of carbonyl (C=O) groups excluding carboxylic acids is 1. The lowest BCUT2D eigenvalue weighted by Gasteiger charge is -2.16. The third-order valence-electron chi connectivity index (χ3n) is 4.50. The highest BCUT2D eigenvalue weighted by Crippen LogP contribution is 2.24. The van der Waals surface area contributed by atoms with Gasteiger partial charge >= 0.3 is 0 Å². The molecule has 1 aromatic heterocycles. The van der Waals surface area contributed by atoms with Crippen molar-refractivity contribution in [1.82, 2.24) is 15.3 Å². The van der Waals surface area contributed by atoms with Crippen LogP contribution in [0.25, 0.3) is 6.08 Å². The number of rotatable bonds is 7. The van der Waals surface area contributed by atoms with Crippen LogP contribution in [0.3, 0.4) is 0 Å². The summed E-state index contributed by atoms with van der Waals surface area (Å²) in [5.41, 5.74) is 2.36. The van der Waals surface area contributed by atoms with Gasteiger partial charge in [-0.2, -0.15) is 0 Å². The van der Waals surface area contributed by atoms with E-state index in [0.29, 0.717) is 28.0 Å². The maximum atomic E-state index is 12.4. The average Bonchev–Trinajstić information content (AvgIpc) is 2.74. The van der Waals surface area contributed by atoms with Gasteiger partial charge in [-0.15, -0.1) is 0 Å². The number of benzene rings is 2. The van der Waals surface area contributed by atoms with Gasteiger partial charge in [0.25, 0.3) is 5.91 Å². The number of hydrogen-bond acceptors (Lipinski definition) is 4. The van der Waals surface area contributed by atoms with Crippen LogP contribution in [0.2, 0.25) is 10.0 Å². The zero-order valence-electron chi connectivity index (χ0n) is 16.7. The van der Waals surface area contributed by atoms with Gasteiger partial charge in [0, 0.05) is 31.2 Å². The van der Waals surface area contributed by atoms with E-state index in [1.807, 2.05) is 55.3 Å². The zero-order chi connectivity index (χ0) is 21.5. The normalized spacial score (nSPS) is 12.0. The van der Waals surface area contributed by atoms with Crippen molar-refractivity contribution < 1.29 is 4.79 Å². The van der Waals surface area contributed by atoms with Crippen molar-refractivity contribution in [2.24, 2.45) is 0 Å². The van der Waals surface area contributed by atoms with E-state index >= 15 is 0 Å². The fourth-order valence-electron chi connectivity index (χ4n) is 2.87. The van der Waals surface area contributed by atoms with E-state index in [1.165, 1.54) is 0 Å². The van der Waals surface area contributed by atoms with Crippen LogP contribution in [0, 0.1) is 0 Å². The van der Waals surface area contributed by atoms with E-state index in [9.17, 15) is 4.79 Å². The van der Waals surface area contributed by atoms with Gasteiger partial charge in [0.1, 0.15) is 0 Å². The Kier molecular flexibility index (Phi) is 7.44. The quantitative estimate of drug-likeness (QED) is 0.506. The maximum Gasteiger partial charge on any atom is 0.254 e. The molecule has 0 spiro atoms. The highest BCUT2D eigenvalue weighted by molar-refractivity contribution is 6.39. The molecule has 0 aliphatic rings. The minimum atomic E-state index is -0.276. The summed E-state index contributed by atoms with van der Waals surface area (Å²) in [6, 6.07) is 14.8. The van der Waals surface area contributed by atoms with Crippen molar-refractivity contribution in [3.8, 4) is 0 Å². The molecule has 1 amide bonds. The number of hydrogen-bond donors (Lipinski definition) is 1. The number of anilines is 2. The van der Waals surface area contributed by atoms with Crippen molar-refractivity contribution in [2.45, 2.75) is 19.4 Å². The zero-order valence-corrected chi connectivity index (χ0v) is 18.2. The van der Waals surface area contributed by atoms with E-state index in [2.05, 4.69) is 15.3 Å². The summed E-state index contributed by atoms with van der Waals surface area (Å²) in [5.74, 6) is 0.367. The first-order valence-electron chi connectivity index (χ1n) is 9.48. The van der Waals surface area contributed by atoms with Crippen molar-refractivity contribution in [3.05, 3.63) is 88.2 Å². The minimum Gasteiger partial charge on any atom is -0.349 e. The summed E-state index contributed by atoms with van der Waals surface area (Å²) in [6.07, 6.45) is 8.16. The molecule has 1 atom stereocenters. The topological polar surface area (TPSA) is 58.1 Å². The lowest BCUT2D eigenvalue weighted by Crippen LogP contribution is -2.32. The summed E-state index contributed by atoms with van der Waals surface area (Å²) in [6.45, 7) is 1.94. The number of amides is 1. The predicted molar refractivity (Wildman–Crippen MR) is 124 cm³/mol. The van der Waals surface area contributed by atoms with Crippen molar-refractivity contribution in [3.63, 3.8) is 0 Å². The van der Waals surface area contributed by atoms with Crippen LogP contribution < -0.4 is 10.2 Å². The first-order chi connectivity index (χ1) is 14.5. The summed E-state index contributed by atoms with van der Waals surface area (Å²) in [5, 5.41) is 3.61. The highest BCUT2D eigenvalue weighted by atomic mass is 35.5. The van der Waals surface area contributed by atoms with Crippen LogP contribution >= 0.6 is 23.2 Å². The van der Waals surface area contributed by atoms with Gasteiger partial charge in [-0.05, 0) is 49.2 Å². The second-order valence-electron chi connectivity index (χ2n) is 6.81. The molecule has 154 valence electrons. The second-order valence-corrected chi connectivity index (χ2v) is 7.62. The molecule has 3 aromatic rings. The molecular formula is C23H22Cl2N4O. The van der Waals surface area contributed by atoms with Crippen molar-refractivity contribution in [2.75, 3.05) is 11.9 Å². The van der Waals surface area contributed by atoms with Gasteiger partial charge in [0.15, 0.2) is 0 Å². The Morgan fingerprint density at radius 2 is 1.70 bits per heavy atom. The van der Waals surface area contributed by atoms with Gasteiger partial charge in [0.05, 0.1) is 15.6 Å². The van der Waals surface area contributed by atoms with Crippen LogP contribution in [-0.4, -0.2) is 29.0 Å². The highest BCUT2D eigenvalue weighted by Gasteiger charge is 2.15. The Morgan fingerprint density at radius 1 is 1.07 bits per heavy atom. The lowest BCUT2D eigenvalue weighted by molar-refractivity contribution is 0.0941. The number of nitrogens with one attached hydrogen (secondary N) is 1. The standard InChI is InChI=1S/C23H22Cl2N4O/c1-16(28-22(30)21-19(24)8-4-9-20(21)25)6-3-7-17-10-12-18(13-11-17)29(2)23-26-14-5-15-27-23/h3-5,7-16H,6H2,1-2H3,(H,28,30)/b7-3+. The molecule has 0 radical (unpaired) electrons.